The lowest BCUT2D eigenvalue weighted by molar-refractivity contribution is -0.121. The smallest absolute Gasteiger partial charge is 0.359 e. The molecule has 0 unspecified atom stereocenters. The number of nitrogens with zero attached hydrogens (tertiary/aromatic N) is 3. The van der Waals surface area contributed by atoms with Crippen LogP contribution in [0, 0.1) is 6.92 Å². The van der Waals surface area contributed by atoms with Crippen molar-refractivity contribution in [2.45, 2.75) is 13.5 Å². The zero-order valence-electron chi connectivity index (χ0n) is 16.6. The molecule has 0 N–H and O–H groups in total. The van der Waals surface area contributed by atoms with E-state index in [4.69, 9.17) is 4.74 Å². The molecule has 30 heavy (non-hydrogen) atoms. The molecular weight excluding hydrogens is 378 g/mol. The van der Waals surface area contributed by atoms with Gasteiger partial charge in [-0.1, -0.05) is 54.6 Å². The van der Waals surface area contributed by atoms with E-state index in [0.29, 0.717) is 12.2 Å². The number of carbonyl (C=O) groups excluding carboxylic acids is 2. The molecule has 2 heterocycles. The highest BCUT2D eigenvalue weighted by molar-refractivity contribution is 5.96. The molecule has 0 aliphatic carbocycles. The Balaban J connectivity index is 1.49. The van der Waals surface area contributed by atoms with Crippen molar-refractivity contribution >= 4 is 23.2 Å². The Morgan fingerprint density at radius 2 is 1.63 bits per heavy atom. The Hall–Kier alpha value is -3.93. The molecule has 1 amide bonds. The Bertz CT molecular complexity index is 1170. The fourth-order valence-corrected chi connectivity index (χ4v) is 3.22. The van der Waals surface area contributed by atoms with Gasteiger partial charge in [-0.3, -0.25) is 4.79 Å². The van der Waals surface area contributed by atoms with E-state index in [2.05, 4.69) is 4.98 Å². The number of pyridine rings is 1. The maximum atomic E-state index is 12.9. The number of esters is 1. The van der Waals surface area contributed by atoms with E-state index in [1.807, 2.05) is 90.2 Å². The highest BCUT2D eigenvalue weighted by Gasteiger charge is 2.20. The Morgan fingerprint density at radius 1 is 0.933 bits per heavy atom. The van der Waals surface area contributed by atoms with Crippen LogP contribution in [0.4, 0.5) is 5.69 Å². The number of para-hydroxylation sites is 1. The number of aryl methyl sites for hydroxylation is 1. The second-order valence-electron chi connectivity index (χ2n) is 6.90. The average molecular weight is 399 g/mol. The van der Waals surface area contributed by atoms with Crippen LogP contribution >= 0.6 is 0 Å². The summed E-state index contributed by atoms with van der Waals surface area (Å²) in [6.45, 7) is 1.94. The second kappa shape index (κ2) is 8.61. The van der Waals surface area contributed by atoms with Crippen molar-refractivity contribution in [3.63, 3.8) is 0 Å². The number of rotatable bonds is 6. The molecule has 0 fully saturated rings. The van der Waals surface area contributed by atoms with Crippen LogP contribution < -0.4 is 4.90 Å². The number of aromatic nitrogens is 2. The maximum Gasteiger partial charge on any atom is 0.359 e. The molecular formula is C24H21N3O3. The molecule has 4 rings (SSSR count). The van der Waals surface area contributed by atoms with Crippen molar-refractivity contribution in [2.24, 2.45) is 0 Å². The molecule has 6 nitrogen and oxygen atoms in total. The number of fused-ring (bicyclic) bond motifs is 1. The first-order valence-corrected chi connectivity index (χ1v) is 9.63. The molecule has 0 spiro atoms. The summed E-state index contributed by atoms with van der Waals surface area (Å²) in [4.78, 5) is 31.3. The molecule has 0 radical (unpaired) electrons. The summed E-state index contributed by atoms with van der Waals surface area (Å²) < 4.78 is 7.10. The molecule has 0 bridgehead atoms. The van der Waals surface area contributed by atoms with Gasteiger partial charge in [0.05, 0.1) is 6.54 Å². The van der Waals surface area contributed by atoms with Gasteiger partial charge < -0.3 is 14.0 Å². The van der Waals surface area contributed by atoms with Gasteiger partial charge in [-0.25, -0.2) is 9.78 Å². The van der Waals surface area contributed by atoms with Crippen LogP contribution in [-0.2, 0) is 16.1 Å². The molecule has 0 saturated carbocycles. The predicted octanol–water partition coefficient (Wildman–Crippen LogP) is 4.03. The summed E-state index contributed by atoms with van der Waals surface area (Å²) in [5.74, 6) is -0.933. The first-order chi connectivity index (χ1) is 14.6. The Morgan fingerprint density at radius 3 is 2.33 bits per heavy atom. The van der Waals surface area contributed by atoms with Gasteiger partial charge >= 0.3 is 5.97 Å². The first kappa shape index (κ1) is 19.4. The van der Waals surface area contributed by atoms with Crippen LogP contribution in [0.1, 0.15) is 21.7 Å². The van der Waals surface area contributed by atoms with E-state index in [0.717, 1.165) is 16.9 Å². The summed E-state index contributed by atoms with van der Waals surface area (Å²) in [5, 5.41) is 0. The second-order valence-corrected chi connectivity index (χ2v) is 6.90. The quantitative estimate of drug-likeness (QED) is 0.459. The van der Waals surface area contributed by atoms with Crippen LogP contribution in [0.15, 0.2) is 85.1 Å². The van der Waals surface area contributed by atoms with Gasteiger partial charge in [0.2, 0.25) is 0 Å². The Labute approximate surface area is 174 Å². The van der Waals surface area contributed by atoms with E-state index in [-0.39, 0.29) is 18.2 Å². The average Bonchev–Trinajstić information content (AvgIpc) is 3.23. The number of amides is 1. The molecule has 0 aliphatic heterocycles. The minimum absolute atomic E-state index is 0.173. The normalized spacial score (nSPS) is 10.7. The summed E-state index contributed by atoms with van der Waals surface area (Å²) in [7, 11) is 0. The van der Waals surface area contributed by atoms with Crippen molar-refractivity contribution in [3.8, 4) is 0 Å². The van der Waals surface area contributed by atoms with Gasteiger partial charge in [0.1, 0.15) is 5.65 Å². The maximum absolute atomic E-state index is 12.9. The number of imidazole rings is 1. The third-order valence-corrected chi connectivity index (χ3v) is 4.78. The number of anilines is 1. The Kier molecular flexibility index (Phi) is 5.57. The molecule has 150 valence electrons. The molecule has 6 heteroatoms. The molecule has 0 aliphatic rings. The lowest BCUT2D eigenvalue weighted by Gasteiger charge is -2.23. The van der Waals surface area contributed by atoms with Gasteiger partial charge in [-0.15, -0.1) is 0 Å². The number of ether oxygens (including phenoxy) is 1. The van der Waals surface area contributed by atoms with Crippen LogP contribution in [0.2, 0.25) is 0 Å². The summed E-state index contributed by atoms with van der Waals surface area (Å²) in [6, 6.07) is 24.6. The predicted molar refractivity (Wildman–Crippen MR) is 114 cm³/mol. The van der Waals surface area contributed by atoms with Gasteiger partial charge in [-0.05, 0) is 36.8 Å². The van der Waals surface area contributed by atoms with Crippen LogP contribution in [0.5, 0.6) is 0 Å². The fraction of sp³-hybridized carbons (Fsp3) is 0.125. The molecule has 2 aromatic carbocycles. The molecule has 0 atom stereocenters. The standard InChI is InChI=1S/C24H21N3O3/c1-18-9-8-14-22-25-21(16-26(18)22)24(29)30-17-23(28)27(20-12-6-3-7-13-20)15-19-10-4-2-5-11-19/h2-14,16H,15,17H2,1H3. The van der Waals surface area contributed by atoms with Gasteiger partial charge in [0.15, 0.2) is 12.3 Å². The number of carbonyl (C=O) groups is 2. The first-order valence-electron chi connectivity index (χ1n) is 9.63. The third-order valence-electron chi connectivity index (χ3n) is 4.78. The van der Waals surface area contributed by atoms with Crippen LogP contribution in [0.3, 0.4) is 0 Å². The highest BCUT2D eigenvalue weighted by Crippen LogP contribution is 2.17. The fourth-order valence-electron chi connectivity index (χ4n) is 3.22. The van der Waals surface area contributed by atoms with E-state index >= 15 is 0 Å². The molecule has 4 aromatic rings. The highest BCUT2D eigenvalue weighted by atomic mass is 16.5. The number of hydrogen-bond donors (Lipinski definition) is 0. The lowest BCUT2D eigenvalue weighted by Crippen LogP contribution is -2.34. The van der Waals surface area contributed by atoms with Gasteiger partial charge in [0, 0.05) is 17.6 Å². The zero-order valence-corrected chi connectivity index (χ0v) is 16.6. The minimum Gasteiger partial charge on any atom is -0.451 e. The minimum atomic E-state index is -0.626. The summed E-state index contributed by atoms with van der Waals surface area (Å²) in [6.07, 6.45) is 1.62. The topological polar surface area (TPSA) is 63.9 Å². The van der Waals surface area contributed by atoms with Crippen molar-refractivity contribution in [1.82, 2.24) is 9.38 Å². The van der Waals surface area contributed by atoms with E-state index in [1.165, 1.54) is 0 Å². The molecule has 0 saturated heterocycles. The van der Waals surface area contributed by atoms with E-state index < -0.39 is 5.97 Å². The lowest BCUT2D eigenvalue weighted by atomic mass is 10.2. The monoisotopic (exact) mass is 399 g/mol. The summed E-state index contributed by atoms with van der Waals surface area (Å²) >= 11 is 0. The van der Waals surface area contributed by atoms with Crippen LogP contribution in [0.25, 0.3) is 5.65 Å². The van der Waals surface area contributed by atoms with Crippen LogP contribution in [-0.4, -0.2) is 27.9 Å². The largest absolute Gasteiger partial charge is 0.451 e. The number of benzene rings is 2. The van der Waals surface area contributed by atoms with Gasteiger partial charge in [0.25, 0.3) is 5.91 Å². The van der Waals surface area contributed by atoms with Crippen molar-refractivity contribution in [2.75, 3.05) is 11.5 Å². The van der Waals surface area contributed by atoms with Crippen molar-refractivity contribution in [3.05, 3.63) is 102 Å². The van der Waals surface area contributed by atoms with E-state index in [1.54, 1.807) is 11.1 Å². The van der Waals surface area contributed by atoms with E-state index in [9.17, 15) is 9.59 Å². The van der Waals surface area contributed by atoms with Crippen molar-refractivity contribution in [1.29, 1.82) is 0 Å². The third kappa shape index (κ3) is 4.22. The molecule has 2 aromatic heterocycles. The summed E-state index contributed by atoms with van der Waals surface area (Å²) in [5.41, 5.74) is 3.51. The zero-order chi connectivity index (χ0) is 20.9. The van der Waals surface area contributed by atoms with Crippen molar-refractivity contribution < 1.29 is 14.3 Å². The SMILES string of the molecule is Cc1cccc2nc(C(=O)OCC(=O)N(Cc3ccccc3)c3ccccc3)cn12. The number of hydrogen-bond acceptors (Lipinski definition) is 4. The van der Waals surface area contributed by atoms with Gasteiger partial charge in [-0.2, -0.15) is 0 Å².